The van der Waals surface area contributed by atoms with Crippen LogP contribution in [0.3, 0.4) is 0 Å². The first-order valence-corrected chi connectivity index (χ1v) is 6.68. The van der Waals surface area contributed by atoms with Crippen LogP contribution in [0.15, 0.2) is 24.3 Å². The summed E-state index contributed by atoms with van der Waals surface area (Å²) in [6.45, 7) is 5.93. The Labute approximate surface area is 108 Å². The molecule has 0 spiro atoms. The molecular weight excluding hydrogens is 226 g/mol. The summed E-state index contributed by atoms with van der Waals surface area (Å²) >= 11 is 0. The van der Waals surface area contributed by atoms with Crippen LogP contribution < -0.4 is 5.43 Å². The molecule has 0 radical (unpaired) electrons. The zero-order valence-electron chi connectivity index (χ0n) is 10.9. The molecule has 1 N–H and O–H groups in total. The third-order valence-corrected chi connectivity index (χ3v) is 3.81. The van der Waals surface area contributed by atoms with Crippen molar-refractivity contribution in [2.75, 3.05) is 39.8 Å². The van der Waals surface area contributed by atoms with E-state index in [1.54, 1.807) is 0 Å². The Kier molecular flexibility index (Phi) is 3.61. The predicted molar refractivity (Wildman–Crippen MR) is 71.0 cm³/mol. The fourth-order valence-corrected chi connectivity index (χ4v) is 2.64. The quantitative estimate of drug-likeness (QED) is 0.844. The molecule has 0 amide bonds. The number of nitrogens with one attached hydrogen (secondary N) is 1. The smallest absolute Gasteiger partial charge is 0.0721 e. The molecule has 98 valence electrons. The van der Waals surface area contributed by atoms with Crippen molar-refractivity contribution in [1.82, 2.24) is 15.3 Å². The summed E-state index contributed by atoms with van der Waals surface area (Å²) in [6, 6.07) is 8.88. The Morgan fingerprint density at radius 3 is 2.78 bits per heavy atom. The highest BCUT2D eigenvalue weighted by Gasteiger charge is 2.23. The molecule has 4 nitrogen and oxygen atoms in total. The van der Waals surface area contributed by atoms with Crippen LogP contribution in [0.4, 0.5) is 0 Å². The van der Waals surface area contributed by atoms with Crippen LogP contribution in [0.5, 0.6) is 0 Å². The number of rotatable bonds is 2. The zero-order valence-corrected chi connectivity index (χ0v) is 10.9. The molecule has 4 heteroatoms. The van der Waals surface area contributed by atoms with E-state index < -0.39 is 0 Å². The van der Waals surface area contributed by atoms with Gasteiger partial charge >= 0.3 is 0 Å². The van der Waals surface area contributed by atoms with Gasteiger partial charge in [-0.15, -0.1) is 0 Å². The second kappa shape index (κ2) is 5.36. The minimum atomic E-state index is 0.304. The lowest BCUT2D eigenvalue weighted by atomic mass is 10.00. The number of ether oxygens (including phenoxy) is 1. The number of benzene rings is 1. The molecule has 1 saturated heterocycles. The van der Waals surface area contributed by atoms with Gasteiger partial charge in [-0.2, -0.15) is 0 Å². The molecule has 0 aromatic heterocycles. The fourth-order valence-electron chi connectivity index (χ4n) is 2.64. The van der Waals surface area contributed by atoms with E-state index in [4.69, 9.17) is 4.74 Å². The molecule has 3 rings (SSSR count). The van der Waals surface area contributed by atoms with Gasteiger partial charge in [-0.1, -0.05) is 24.3 Å². The number of hydrogen-bond donors (Lipinski definition) is 1. The van der Waals surface area contributed by atoms with Gasteiger partial charge < -0.3 is 9.64 Å². The summed E-state index contributed by atoms with van der Waals surface area (Å²) in [5, 5.41) is 2.33. The molecule has 1 atom stereocenters. The number of nitrogens with zero attached hydrogens (tertiary/aromatic N) is 2. The third kappa shape index (κ3) is 2.57. The molecule has 0 bridgehead atoms. The number of likely N-dealkylation sites (N-methyl/N-ethyl adjacent to an activating group) is 1. The monoisotopic (exact) mass is 247 g/mol. The number of piperazine rings is 1. The van der Waals surface area contributed by atoms with E-state index in [2.05, 4.69) is 46.6 Å². The summed E-state index contributed by atoms with van der Waals surface area (Å²) in [6.07, 6.45) is 0. The lowest BCUT2D eigenvalue weighted by molar-refractivity contribution is 0.0288. The topological polar surface area (TPSA) is 27.7 Å². The van der Waals surface area contributed by atoms with Crippen molar-refractivity contribution in [2.24, 2.45) is 0 Å². The Balaban J connectivity index is 1.67. The van der Waals surface area contributed by atoms with E-state index in [1.165, 1.54) is 11.1 Å². The van der Waals surface area contributed by atoms with Gasteiger partial charge in [0, 0.05) is 26.2 Å². The van der Waals surface area contributed by atoms with E-state index in [1.807, 2.05) is 0 Å². The van der Waals surface area contributed by atoms with Crippen molar-refractivity contribution in [1.29, 1.82) is 0 Å². The molecule has 0 saturated carbocycles. The van der Waals surface area contributed by atoms with E-state index in [-0.39, 0.29) is 0 Å². The predicted octanol–water partition coefficient (Wildman–Crippen LogP) is 1.01. The molecule has 1 aromatic rings. The van der Waals surface area contributed by atoms with Crippen molar-refractivity contribution in [2.45, 2.75) is 12.6 Å². The molecule has 0 aliphatic carbocycles. The summed E-state index contributed by atoms with van der Waals surface area (Å²) in [4.78, 5) is 2.36. The van der Waals surface area contributed by atoms with Crippen LogP contribution in [-0.2, 0) is 11.3 Å². The summed E-state index contributed by atoms with van der Waals surface area (Å²) in [7, 11) is 2.18. The molecule has 1 fully saturated rings. The average Bonchev–Trinajstić information content (AvgIpc) is 2.42. The van der Waals surface area contributed by atoms with Gasteiger partial charge in [-0.05, 0) is 18.2 Å². The molecule has 2 aliphatic heterocycles. The molecule has 1 aromatic carbocycles. The number of hydrogen-bond acceptors (Lipinski definition) is 4. The summed E-state index contributed by atoms with van der Waals surface area (Å²) in [5.74, 6) is 0. The highest BCUT2D eigenvalue weighted by Crippen LogP contribution is 2.24. The van der Waals surface area contributed by atoms with Gasteiger partial charge in [0.2, 0.25) is 0 Å². The van der Waals surface area contributed by atoms with Crippen LogP contribution >= 0.6 is 0 Å². The van der Waals surface area contributed by atoms with Crippen molar-refractivity contribution in [3.05, 3.63) is 35.4 Å². The second-order valence-corrected chi connectivity index (χ2v) is 5.19. The van der Waals surface area contributed by atoms with Crippen molar-refractivity contribution in [3.63, 3.8) is 0 Å². The summed E-state index contributed by atoms with van der Waals surface area (Å²) in [5.41, 5.74) is 6.32. The van der Waals surface area contributed by atoms with Crippen LogP contribution in [0, 0.1) is 0 Å². The largest absolute Gasteiger partial charge is 0.375 e. The lowest BCUT2D eigenvalue weighted by Gasteiger charge is -2.37. The maximum atomic E-state index is 5.67. The maximum Gasteiger partial charge on any atom is 0.0721 e. The number of hydrazine groups is 1. The highest BCUT2D eigenvalue weighted by atomic mass is 16.5. The van der Waals surface area contributed by atoms with Crippen LogP contribution in [0.2, 0.25) is 0 Å². The maximum absolute atomic E-state index is 5.67. The summed E-state index contributed by atoms with van der Waals surface area (Å²) < 4.78 is 5.67. The van der Waals surface area contributed by atoms with E-state index in [9.17, 15) is 0 Å². The standard InChI is InChI=1S/C14H21N3O/c1-16-6-8-17(9-7-16)15-14-11-18-10-12-4-2-3-5-13(12)14/h2-5,14-15H,6-11H2,1H3. The van der Waals surface area contributed by atoms with Crippen molar-refractivity contribution in [3.8, 4) is 0 Å². The van der Waals surface area contributed by atoms with E-state index in [0.717, 1.165) is 39.4 Å². The second-order valence-electron chi connectivity index (χ2n) is 5.19. The Morgan fingerprint density at radius 2 is 1.94 bits per heavy atom. The lowest BCUT2D eigenvalue weighted by Crippen LogP contribution is -2.52. The normalized spacial score (nSPS) is 25.9. The first kappa shape index (κ1) is 12.1. The van der Waals surface area contributed by atoms with Crippen LogP contribution in [-0.4, -0.2) is 49.7 Å². The molecule has 18 heavy (non-hydrogen) atoms. The average molecular weight is 247 g/mol. The van der Waals surface area contributed by atoms with E-state index >= 15 is 0 Å². The Bertz CT molecular complexity index is 402. The minimum Gasteiger partial charge on any atom is -0.375 e. The van der Waals surface area contributed by atoms with Crippen LogP contribution in [0.25, 0.3) is 0 Å². The Hall–Kier alpha value is -0.940. The van der Waals surface area contributed by atoms with Crippen LogP contribution in [0.1, 0.15) is 17.2 Å². The number of fused-ring (bicyclic) bond motifs is 1. The van der Waals surface area contributed by atoms with Gasteiger partial charge in [0.25, 0.3) is 0 Å². The van der Waals surface area contributed by atoms with Gasteiger partial charge in [0.15, 0.2) is 0 Å². The van der Waals surface area contributed by atoms with Gasteiger partial charge in [-0.3, -0.25) is 0 Å². The minimum absolute atomic E-state index is 0.304. The highest BCUT2D eigenvalue weighted by molar-refractivity contribution is 5.30. The van der Waals surface area contributed by atoms with Gasteiger partial charge in [0.05, 0.1) is 19.3 Å². The molecular formula is C14H21N3O. The molecule has 1 unspecified atom stereocenters. The zero-order chi connectivity index (χ0) is 12.4. The molecule has 2 aliphatic rings. The van der Waals surface area contributed by atoms with E-state index in [0.29, 0.717) is 6.04 Å². The first-order chi connectivity index (χ1) is 8.83. The SMILES string of the molecule is CN1CCN(NC2COCc3ccccc32)CC1. The van der Waals surface area contributed by atoms with Gasteiger partial charge in [-0.25, -0.2) is 10.4 Å². The Morgan fingerprint density at radius 1 is 1.17 bits per heavy atom. The fraction of sp³-hybridized carbons (Fsp3) is 0.571. The van der Waals surface area contributed by atoms with Crippen molar-refractivity contribution < 1.29 is 4.74 Å². The first-order valence-electron chi connectivity index (χ1n) is 6.68. The third-order valence-electron chi connectivity index (χ3n) is 3.81. The van der Waals surface area contributed by atoms with Gasteiger partial charge in [0.1, 0.15) is 0 Å². The molecule has 2 heterocycles. The van der Waals surface area contributed by atoms with Crippen molar-refractivity contribution >= 4 is 0 Å².